The number of aromatic hydroxyl groups is 1. The topological polar surface area (TPSA) is 480 Å². The number of phenolic OH excluding ortho intramolecular Hbond substituents is 1. The zero-order valence-corrected chi connectivity index (χ0v) is 47.6. The number of rotatable bonds is 41. The minimum atomic E-state index is -1.25. The molecule has 0 aliphatic carbocycles. The van der Waals surface area contributed by atoms with E-state index in [4.69, 9.17) is 49.7 Å². The smallest absolute Gasteiger partial charge is 0.322 e. The van der Waals surface area contributed by atoms with E-state index >= 15 is 0 Å². The van der Waals surface area contributed by atoms with Crippen molar-refractivity contribution in [2.45, 2.75) is 211 Å². The number of carboxylic acid groups (broad SMARTS) is 1. The predicted molar refractivity (Wildman–Crippen MR) is 305 cm³/mol. The molecule has 8 atom stereocenters. The Labute approximate surface area is 471 Å². The van der Waals surface area contributed by atoms with E-state index in [2.05, 4.69) is 47.9 Å². The summed E-state index contributed by atoms with van der Waals surface area (Å²) in [6, 6.07) is -1.76. The van der Waals surface area contributed by atoms with E-state index in [9.17, 15) is 43.2 Å². The largest absolute Gasteiger partial charge is 0.508 e. The number of amides is 8. The van der Waals surface area contributed by atoms with Gasteiger partial charge in [-0.25, -0.2) is 0 Å². The third kappa shape index (κ3) is 33.2. The van der Waals surface area contributed by atoms with E-state index in [0.717, 1.165) is 12.0 Å². The number of carbonyl (C=O) groups excluding carboxylic acids is 8. The van der Waals surface area contributed by atoms with Crippen molar-refractivity contribution in [1.29, 1.82) is 10.8 Å². The Morgan fingerprint density at radius 1 is 0.438 bits per heavy atom. The van der Waals surface area contributed by atoms with Crippen LogP contribution in [0.25, 0.3) is 0 Å². The number of unbranched alkanes of at least 4 members (excludes halogenated alkanes) is 5. The summed E-state index contributed by atoms with van der Waals surface area (Å²) < 4.78 is 0. The van der Waals surface area contributed by atoms with E-state index in [1.807, 2.05) is 34.6 Å². The highest BCUT2D eigenvalue weighted by Gasteiger charge is 2.33. The molecular weight excluding hydrogens is 1040 g/mol. The number of aliphatic carboxylic acids is 1. The highest BCUT2D eigenvalue weighted by Crippen LogP contribution is 2.13. The number of carbonyl (C=O) groups is 9. The number of carboxylic acids is 1. The molecule has 1 aromatic rings. The summed E-state index contributed by atoms with van der Waals surface area (Å²) in [5.41, 5.74) is 28.2. The molecule has 1 rings (SSSR count). The molecule has 454 valence electrons. The molecule has 0 saturated heterocycles. The lowest BCUT2D eigenvalue weighted by atomic mass is 10.0. The molecule has 8 amide bonds. The summed E-state index contributed by atoms with van der Waals surface area (Å²) in [6.45, 7) is 9.44. The molecule has 0 saturated carbocycles. The van der Waals surface area contributed by atoms with Gasteiger partial charge in [0, 0.05) is 13.1 Å². The van der Waals surface area contributed by atoms with Crippen LogP contribution in [-0.4, -0.2) is 143 Å². The van der Waals surface area contributed by atoms with Gasteiger partial charge in [-0.15, -0.1) is 0 Å². The molecule has 0 unspecified atom stereocenters. The van der Waals surface area contributed by atoms with Crippen molar-refractivity contribution < 1.29 is 53.4 Å². The minimum Gasteiger partial charge on any atom is -0.508 e. The Hall–Kier alpha value is -7.29. The van der Waals surface area contributed by atoms with E-state index in [0.29, 0.717) is 77.2 Å². The molecule has 0 aliphatic heterocycles. The average molecular weight is 1130 g/mol. The maximum atomic E-state index is 14.2. The normalized spacial score (nSPS) is 13.7. The highest BCUT2D eigenvalue weighted by atomic mass is 16.4. The lowest BCUT2D eigenvalue weighted by Crippen LogP contribution is -2.60. The zero-order valence-electron chi connectivity index (χ0n) is 47.6. The molecule has 0 fully saturated rings. The predicted octanol–water partition coefficient (Wildman–Crippen LogP) is -0.352. The monoisotopic (exact) mass is 1130 g/mol. The van der Waals surface area contributed by atoms with Gasteiger partial charge >= 0.3 is 5.97 Å². The Morgan fingerprint density at radius 3 is 1.04 bits per heavy atom. The van der Waals surface area contributed by atoms with Crippen molar-refractivity contribution in [3.8, 4) is 5.75 Å². The number of nitrogens with two attached hydrogens (primary N) is 5. The number of phenols is 1. The van der Waals surface area contributed by atoms with E-state index < -0.39 is 108 Å². The summed E-state index contributed by atoms with van der Waals surface area (Å²) in [5, 5.41) is 56.9. The first-order chi connectivity index (χ1) is 37.9. The van der Waals surface area contributed by atoms with Crippen LogP contribution in [-0.2, 0) is 49.6 Å². The summed E-state index contributed by atoms with van der Waals surface area (Å²) in [6.07, 6.45) is 8.64. The van der Waals surface area contributed by atoms with Gasteiger partial charge in [0.05, 0.1) is 12.1 Å². The van der Waals surface area contributed by atoms with Crippen molar-refractivity contribution in [3.63, 3.8) is 0 Å². The van der Waals surface area contributed by atoms with Crippen molar-refractivity contribution >= 4 is 65.1 Å². The van der Waals surface area contributed by atoms with Gasteiger partial charge in [0.25, 0.3) is 0 Å². The van der Waals surface area contributed by atoms with Gasteiger partial charge in [0.15, 0.2) is 11.9 Å². The SMILES string of the molecule is CCCC[C@H](NC(=O)[C@H](CCCC)NC(=O)[C@H](CCCC)NC(=O)[C@H](CCCNC(=N)N)NC(=O)[C@H](CCCC)NC(=O)[C@H](CCCC)NC(=O)[C@@H](N)CCCNC(=N)N)C(=O)NCC(=O)O.NC(=O)[C@@H](N)Cc1ccc(O)cc1. The first-order valence-electron chi connectivity index (χ1n) is 28.0. The third-order valence-electron chi connectivity index (χ3n) is 12.5. The van der Waals surface area contributed by atoms with Crippen LogP contribution in [0.5, 0.6) is 5.75 Å². The van der Waals surface area contributed by atoms with Crippen LogP contribution in [0, 0.1) is 10.8 Å². The van der Waals surface area contributed by atoms with Gasteiger partial charge in [-0.3, -0.25) is 54.0 Å². The maximum Gasteiger partial charge on any atom is 0.322 e. The number of primary amides is 1. The Morgan fingerprint density at radius 2 is 0.738 bits per heavy atom. The first-order valence-corrected chi connectivity index (χ1v) is 28.0. The Kier molecular flexibility index (Phi) is 38.7. The fourth-order valence-corrected chi connectivity index (χ4v) is 7.77. The van der Waals surface area contributed by atoms with Crippen LogP contribution in [0.3, 0.4) is 0 Å². The maximum absolute atomic E-state index is 14.2. The van der Waals surface area contributed by atoms with E-state index in [1.54, 1.807) is 24.3 Å². The molecule has 0 heterocycles. The second-order valence-corrected chi connectivity index (χ2v) is 19.6. The van der Waals surface area contributed by atoms with E-state index in [1.165, 1.54) is 0 Å². The number of hydrogen-bond donors (Lipinski definition) is 18. The quantitative estimate of drug-likeness (QED) is 0.0226. The van der Waals surface area contributed by atoms with Crippen LogP contribution in [0.15, 0.2) is 24.3 Å². The average Bonchev–Trinajstić information content (AvgIpc) is 3.41. The summed E-state index contributed by atoms with van der Waals surface area (Å²) in [5.74, 6) is -6.60. The molecule has 27 nitrogen and oxygen atoms in total. The summed E-state index contributed by atoms with van der Waals surface area (Å²) >= 11 is 0. The molecule has 0 aliphatic rings. The van der Waals surface area contributed by atoms with Crippen molar-refractivity contribution in [2.75, 3.05) is 19.6 Å². The Bertz CT molecular complexity index is 2080. The van der Waals surface area contributed by atoms with Crippen molar-refractivity contribution in [1.82, 2.24) is 47.9 Å². The van der Waals surface area contributed by atoms with Crippen LogP contribution >= 0.6 is 0 Å². The highest BCUT2D eigenvalue weighted by molar-refractivity contribution is 5.97. The molecule has 27 heteroatoms. The molecule has 0 radical (unpaired) electrons. The van der Waals surface area contributed by atoms with Gasteiger partial charge in [0.1, 0.15) is 48.5 Å². The fourth-order valence-electron chi connectivity index (χ4n) is 7.77. The Balaban J connectivity index is 0.00000416. The van der Waals surface area contributed by atoms with Gasteiger partial charge in [-0.2, -0.15) is 0 Å². The van der Waals surface area contributed by atoms with Crippen LogP contribution in [0.4, 0.5) is 0 Å². The molecule has 23 N–H and O–H groups in total. The summed E-state index contributed by atoms with van der Waals surface area (Å²) in [7, 11) is 0. The van der Waals surface area contributed by atoms with Crippen LogP contribution in [0.1, 0.15) is 162 Å². The molecule has 1 aromatic carbocycles. The third-order valence-corrected chi connectivity index (χ3v) is 12.5. The zero-order chi connectivity index (χ0) is 60.6. The lowest BCUT2D eigenvalue weighted by molar-refractivity contribution is -0.138. The van der Waals surface area contributed by atoms with Crippen LogP contribution in [0.2, 0.25) is 0 Å². The van der Waals surface area contributed by atoms with Crippen molar-refractivity contribution in [3.05, 3.63) is 29.8 Å². The molecule has 0 aromatic heterocycles. The number of benzene rings is 1. The van der Waals surface area contributed by atoms with Crippen molar-refractivity contribution in [2.24, 2.45) is 28.7 Å². The van der Waals surface area contributed by atoms with Gasteiger partial charge in [-0.1, -0.05) is 111 Å². The lowest BCUT2D eigenvalue weighted by Gasteiger charge is -2.28. The second kappa shape index (κ2) is 42.6. The molecular formula is C53H96N16O11. The molecule has 0 spiro atoms. The van der Waals surface area contributed by atoms with Gasteiger partial charge in [0.2, 0.25) is 47.3 Å². The minimum absolute atomic E-state index is 0.0358. The van der Waals surface area contributed by atoms with Gasteiger partial charge < -0.3 is 86.7 Å². The fraction of sp³-hybridized carbons (Fsp3) is 0.679. The van der Waals surface area contributed by atoms with Gasteiger partial charge in [-0.05, 0) is 81.9 Å². The second-order valence-electron chi connectivity index (χ2n) is 19.6. The standard InChI is InChI=1S/C44H84N14O9.C9H12N2O2/c1-6-11-19-29(37(62)52-27-35(59)60)54-39(64)31(21-13-8-3)56-40(65)32(22-14-9-4)57-42(67)34(24-17-26-51-44(48)49)58-41(66)33(23-15-10-5)55-38(63)30(20-12-7-2)53-36(61)28(45)18-16-25-50-43(46)47;10-8(9(11)13)5-6-1-3-7(12)4-2-6/h28-34H,6-27,45H2,1-5H3,(H,52,62)(H,53,61)(H,54,64)(H,55,63)(H,56,65)(H,57,67)(H,58,66)(H,59,60)(H4,46,47,50)(H4,48,49,51);1-4,8,12H,5,10H2,(H2,11,13)/t28-,29-,30-,31-,32-,33-,34-;8-/m00/s1. The molecule has 0 bridgehead atoms. The molecule has 80 heavy (non-hydrogen) atoms. The first kappa shape index (κ1) is 72.7. The number of nitrogens with one attached hydrogen (secondary N) is 11. The van der Waals surface area contributed by atoms with Crippen LogP contribution < -0.4 is 76.5 Å². The number of hydrogen-bond acceptors (Lipinski definition) is 14. The number of guanidine groups is 2. The van der Waals surface area contributed by atoms with E-state index in [-0.39, 0.29) is 75.6 Å². The summed E-state index contributed by atoms with van der Waals surface area (Å²) in [4.78, 5) is 117.